The van der Waals surface area contributed by atoms with Gasteiger partial charge in [0.05, 0.1) is 6.10 Å². The molecule has 0 aliphatic rings. The molecule has 0 saturated carbocycles. The van der Waals surface area contributed by atoms with Crippen molar-refractivity contribution < 1.29 is 9.53 Å². The molecule has 1 amide bonds. The van der Waals surface area contributed by atoms with E-state index in [9.17, 15) is 4.79 Å². The number of hydrogen-bond donors (Lipinski definition) is 1. The number of carbonyl (C=O) groups excluding carboxylic acids is 1. The average Bonchev–Trinajstić information content (AvgIpc) is 2.21. The largest absolute Gasteiger partial charge is 0.382 e. The van der Waals surface area contributed by atoms with Crippen LogP contribution in [0.2, 0.25) is 0 Å². The van der Waals surface area contributed by atoms with E-state index in [4.69, 9.17) is 4.74 Å². The molecular weight excluding hydrogens is 180 g/mol. The maximum Gasteiger partial charge on any atom is 0.222 e. The van der Waals surface area contributed by atoms with Crippen molar-refractivity contribution in [3.63, 3.8) is 0 Å². The molecule has 0 fully saturated rings. The average molecular weight is 202 g/mol. The first kappa shape index (κ1) is 13.4. The smallest absolute Gasteiger partial charge is 0.222 e. The molecule has 1 N–H and O–H groups in total. The van der Waals surface area contributed by atoms with Crippen LogP contribution in [-0.4, -0.2) is 51.2 Å². The fourth-order valence-electron chi connectivity index (χ4n) is 1.04. The van der Waals surface area contributed by atoms with Gasteiger partial charge in [0.25, 0.3) is 0 Å². The minimum Gasteiger partial charge on any atom is -0.382 e. The van der Waals surface area contributed by atoms with Gasteiger partial charge in [0.15, 0.2) is 0 Å². The number of hydrogen-bond acceptors (Lipinski definition) is 3. The van der Waals surface area contributed by atoms with Crippen LogP contribution < -0.4 is 5.32 Å². The summed E-state index contributed by atoms with van der Waals surface area (Å²) in [6, 6.07) is 0. The van der Waals surface area contributed by atoms with E-state index in [1.165, 1.54) is 0 Å². The standard InChI is InChI=1S/C10H22N2O2/c1-9(14-4)5-6-10(13)12(3)8-7-11-2/h9,11H,5-8H2,1-4H3. The predicted octanol–water partition coefficient (Wildman–Crippen LogP) is 0.479. The highest BCUT2D eigenvalue weighted by Crippen LogP contribution is 2.02. The Bertz CT molecular complexity index is 162. The third-order valence-electron chi connectivity index (χ3n) is 2.29. The van der Waals surface area contributed by atoms with Gasteiger partial charge in [-0.25, -0.2) is 0 Å². The van der Waals surface area contributed by atoms with Crippen molar-refractivity contribution in [2.75, 3.05) is 34.3 Å². The summed E-state index contributed by atoms with van der Waals surface area (Å²) in [5.41, 5.74) is 0. The number of nitrogens with one attached hydrogen (secondary N) is 1. The third-order valence-corrected chi connectivity index (χ3v) is 2.29. The summed E-state index contributed by atoms with van der Waals surface area (Å²) in [4.78, 5) is 13.3. The molecule has 0 aromatic rings. The van der Waals surface area contributed by atoms with Gasteiger partial charge in [0.1, 0.15) is 0 Å². The Hall–Kier alpha value is -0.610. The van der Waals surface area contributed by atoms with Gasteiger partial charge < -0.3 is 15.0 Å². The molecule has 0 aliphatic carbocycles. The zero-order valence-corrected chi connectivity index (χ0v) is 9.67. The molecule has 4 heteroatoms. The SMILES string of the molecule is CNCCN(C)C(=O)CCC(C)OC. The van der Waals surface area contributed by atoms with Crippen molar-refractivity contribution in [3.05, 3.63) is 0 Å². The predicted molar refractivity (Wildman–Crippen MR) is 57.3 cm³/mol. The van der Waals surface area contributed by atoms with Gasteiger partial charge in [-0.3, -0.25) is 4.79 Å². The van der Waals surface area contributed by atoms with E-state index in [0.29, 0.717) is 6.42 Å². The van der Waals surface area contributed by atoms with Crippen LogP contribution in [0.5, 0.6) is 0 Å². The number of methoxy groups -OCH3 is 1. The summed E-state index contributed by atoms with van der Waals surface area (Å²) in [7, 11) is 5.38. The second-order valence-corrected chi connectivity index (χ2v) is 3.50. The van der Waals surface area contributed by atoms with Crippen LogP contribution in [0.15, 0.2) is 0 Å². The molecule has 4 nitrogen and oxygen atoms in total. The van der Waals surface area contributed by atoms with Gasteiger partial charge in [-0.15, -0.1) is 0 Å². The zero-order valence-electron chi connectivity index (χ0n) is 9.67. The van der Waals surface area contributed by atoms with E-state index in [-0.39, 0.29) is 12.0 Å². The Balaban J connectivity index is 3.61. The topological polar surface area (TPSA) is 41.6 Å². The highest BCUT2D eigenvalue weighted by Gasteiger charge is 2.09. The molecule has 1 unspecified atom stereocenters. The third kappa shape index (κ3) is 5.94. The maximum atomic E-state index is 11.5. The van der Waals surface area contributed by atoms with E-state index >= 15 is 0 Å². The van der Waals surface area contributed by atoms with Crippen molar-refractivity contribution in [2.24, 2.45) is 0 Å². The van der Waals surface area contributed by atoms with Crippen molar-refractivity contribution in [3.8, 4) is 0 Å². The molecule has 1 atom stereocenters. The van der Waals surface area contributed by atoms with Crippen molar-refractivity contribution in [1.29, 1.82) is 0 Å². The first-order valence-corrected chi connectivity index (χ1v) is 5.03. The quantitative estimate of drug-likeness (QED) is 0.653. The Morgan fingerprint density at radius 3 is 2.71 bits per heavy atom. The van der Waals surface area contributed by atoms with Crippen LogP contribution in [0.3, 0.4) is 0 Å². The van der Waals surface area contributed by atoms with E-state index in [1.54, 1.807) is 12.0 Å². The fraction of sp³-hybridized carbons (Fsp3) is 0.900. The Kier molecular flexibility index (Phi) is 7.42. The lowest BCUT2D eigenvalue weighted by atomic mass is 10.2. The number of nitrogens with zero attached hydrogens (tertiary/aromatic N) is 1. The minimum absolute atomic E-state index is 0.164. The lowest BCUT2D eigenvalue weighted by Crippen LogP contribution is -2.33. The van der Waals surface area contributed by atoms with Crippen molar-refractivity contribution in [2.45, 2.75) is 25.9 Å². The number of likely N-dealkylation sites (N-methyl/N-ethyl adjacent to an activating group) is 2. The summed E-state index contributed by atoms with van der Waals surface area (Å²) in [6.45, 7) is 3.57. The molecule has 14 heavy (non-hydrogen) atoms. The molecule has 0 saturated heterocycles. The molecule has 0 spiro atoms. The molecule has 0 bridgehead atoms. The first-order valence-electron chi connectivity index (χ1n) is 5.03. The van der Waals surface area contributed by atoms with Gasteiger partial charge >= 0.3 is 0 Å². The fourth-order valence-corrected chi connectivity index (χ4v) is 1.04. The molecular formula is C10H22N2O2. The van der Waals surface area contributed by atoms with Gasteiger partial charge in [0, 0.05) is 33.7 Å². The van der Waals surface area contributed by atoms with Crippen LogP contribution in [0.25, 0.3) is 0 Å². The van der Waals surface area contributed by atoms with Crippen LogP contribution in [0.4, 0.5) is 0 Å². The molecule has 0 radical (unpaired) electrons. The first-order chi connectivity index (χ1) is 6.61. The zero-order chi connectivity index (χ0) is 11.0. The van der Waals surface area contributed by atoms with Gasteiger partial charge in [0.2, 0.25) is 5.91 Å². The van der Waals surface area contributed by atoms with Gasteiger partial charge in [-0.2, -0.15) is 0 Å². The summed E-state index contributed by atoms with van der Waals surface area (Å²) in [5, 5.41) is 3.01. The summed E-state index contributed by atoms with van der Waals surface area (Å²) in [6.07, 6.45) is 1.52. The monoisotopic (exact) mass is 202 g/mol. The number of carbonyl (C=O) groups is 1. The normalized spacial score (nSPS) is 12.6. The maximum absolute atomic E-state index is 11.5. The molecule has 0 aliphatic heterocycles. The van der Waals surface area contributed by atoms with Gasteiger partial charge in [-0.05, 0) is 20.4 Å². The lowest BCUT2D eigenvalue weighted by molar-refractivity contribution is -0.130. The van der Waals surface area contributed by atoms with E-state index in [2.05, 4.69) is 5.32 Å². The van der Waals surface area contributed by atoms with Crippen LogP contribution in [0.1, 0.15) is 19.8 Å². The van der Waals surface area contributed by atoms with Crippen molar-refractivity contribution >= 4 is 5.91 Å². The Morgan fingerprint density at radius 2 is 2.21 bits per heavy atom. The lowest BCUT2D eigenvalue weighted by Gasteiger charge is -2.17. The summed E-state index contributed by atoms with van der Waals surface area (Å²) in [5.74, 6) is 0.184. The minimum atomic E-state index is 0.164. The Labute approximate surface area is 86.6 Å². The second-order valence-electron chi connectivity index (χ2n) is 3.50. The molecule has 0 rings (SSSR count). The molecule has 84 valence electrons. The Morgan fingerprint density at radius 1 is 1.57 bits per heavy atom. The molecule has 0 aromatic carbocycles. The second kappa shape index (κ2) is 7.76. The highest BCUT2D eigenvalue weighted by atomic mass is 16.5. The van der Waals surface area contributed by atoms with Gasteiger partial charge in [-0.1, -0.05) is 0 Å². The van der Waals surface area contributed by atoms with E-state index in [0.717, 1.165) is 19.5 Å². The highest BCUT2D eigenvalue weighted by molar-refractivity contribution is 5.75. The summed E-state index contributed by atoms with van der Waals surface area (Å²) >= 11 is 0. The number of ether oxygens (including phenoxy) is 1. The van der Waals surface area contributed by atoms with Crippen LogP contribution in [0, 0.1) is 0 Å². The summed E-state index contributed by atoms with van der Waals surface area (Å²) < 4.78 is 5.08. The number of rotatable bonds is 7. The van der Waals surface area contributed by atoms with Crippen molar-refractivity contribution in [1.82, 2.24) is 10.2 Å². The van der Waals surface area contributed by atoms with E-state index in [1.807, 2.05) is 21.0 Å². The molecule has 0 aromatic heterocycles. The molecule has 0 heterocycles. The van der Waals surface area contributed by atoms with Crippen LogP contribution in [-0.2, 0) is 9.53 Å². The van der Waals surface area contributed by atoms with Crippen LogP contribution >= 0.6 is 0 Å². The van der Waals surface area contributed by atoms with E-state index < -0.39 is 0 Å². The number of amides is 1.